The number of rotatable bonds is 8. The average molecular weight is 394 g/mol. The van der Waals surface area contributed by atoms with E-state index in [1.54, 1.807) is 7.11 Å². The number of benzene rings is 1. The van der Waals surface area contributed by atoms with Crippen molar-refractivity contribution in [2.75, 3.05) is 40.4 Å². The normalized spacial score (nSPS) is 15.2. The lowest BCUT2D eigenvalue weighted by molar-refractivity contribution is 0.171. The minimum absolute atomic E-state index is 0.199. The van der Waals surface area contributed by atoms with E-state index in [0.29, 0.717) is 13.1 Å². The lowest BCUT2D eigenvalue weighted by Crippen LogP contribution is -2.33. The fourth-order valence-electron chi connectivity index (χ4n) is 3.19. The summed E-state index contributed by atoms with van der Waals surface area (Å²) in [5.41, 5.74) is 2.47. The van der Waals surface area contributed by atoms with Crippen LogP contribution in [0.2, 0.25) is 0 Å². The number of carbonyl (C=O) groups is 1. The highest BCUT2D eigenvalue weighted by molar-refractivity contribution is 5.66. The molecule has 1 aliphatic heterocycles. The zero-order valence-electron chi connectivity index (χ0n) is 18.3. The first-order valence-corrected chi connectivity index (χ1v) is 10.5. The fraction of sp³-hybridized carbons (Fsp3) is 0.682. The van der Waals surface area contributed by atoms with Gasteiger partial charge in [-0.3, -0.25) is 4.90 Å². The van der Waals surface area contributed by atoms with E-state index in [0.717, 1.165) is 12.3 Å². The second-order valence-electron chi connectivity index (χ2n) is 7.21. The van der Waals surface area contributed by atoms with Gasteiger partial charge < -0.3 is 20.1 Å². The Labute approximate surface area is 171 Å². The van der Waals surface area contributed by atoms with Crippen LogP contribution < -0.4 is 15.4 Å². The smallest absolute Gasteiger partial charge is 0.406 e. The Balaban J connectivity index is 0.00000122. The van der Waals surface area contributed by atoms with Gasteiger partial charge in [0.15, 0.2) is 0 Å². The second kappa shape index (κ2) is 14.2. The molecule has 1 amide bonds. The maximum atomic E-state index is 11.1. The number of carbonyl (C=O) groups excluding carboxylic acids is 1. The summed E-state index contributed by atoms with van der Waals surface area (Å²) >= 11 is 0. The first-order chi connectivity index (χ1) is 13.5. The van der Waals surface area contributed by atoms with Gasteiger partial charge in [0.2, 0.25) is 0 Å². The third kappa shape index (κ3) is 8.93. The molecule has 0 aliphatic carbocycles. The van der Waals surface area contributed by atoms with Crippen LogP contribution in [-0.2, 0) is 11.3 Å². The monoisotopic (exact) mass is 393 g/mol. The molecule has 0 radical (unpaired) electrons. The highest BCUT2D eigenvalue weighted by Crippen LogP contribution is 2.25. The molecule has 0 aromatic heterocycles. The second-order valence-corrected chi connectivity index (χ2v) is 7.21. The molecule has 1 aliphatic rings. The molecule has 2 N–H and O–H groups in total. The van der Waals surface area contributed by atoms with Crippen molar-refractivity contribution in [3.05, 3.63) is 29.3 Å². The molecule has 1 unspecified atom stereocenters. The molecule has 1 saturated heterocycles. The van der Waals surface area contributed by atoms with Crippen LogP contribution in [0.25, 0.3) is 0 Å². The zero-order valence-corrected chi connectivity index (χ0v) is 18.3. The number of likely N-dealkylation sites (tertiary alicyclic amines) is 1. The Morgan fingerprint density at radius 2 is 1.82 bits per heavy atom. The number of hydrogen-bond donors (Lipinski definition) is 2. The highest BCUT2D eigenvalue weighted by atomic mass is 16.5. The molecule has 160 valence electrons. The van der Waals surface area contributed by atoms with Crippen molar-refractivity contribution in [2.24, 2.45) is 0 Å². The van der Waals surface area contributed by atoms with Crippen molar-refractivity contribution in [2.45, 2.75) is 59.0 Å². The SMILES string of the molecule is CCC.COC(=O)NCCNC(C)c1ccc(OC)c(CN2CCCCC2)c1. The number of alkyl carbamates (subject to hydrolysis) is 1. The number of nitrogens with zero attached hydrogens (tertiary/aromatic N) is 1. The van der Waals surface area contributed by atoms with Crippen LogP contribution in [0.1, 0.15) is 63.6 Å². The minimum Gasteiger partial charge on any atom is -0.496 e. The van der Waals surface area contributed by atoms with Gasteiger partial charge in [-0.15, -0.1) is 0 Å². The van der Waals surface area contributed by atoms with Crippen molar-refractivity contribution in [1.82, 2.24) is 15.5 Å². The van der Waals surface area contributed by atoms with Crippen LogP contribution in [0.4, 0.5) is 4.79 Å². The van der Waals surface area contributed by atoms with Gasteiger partial charge in [-0.05, 0) is 50.6 Å². The number of hydrogen-bond acceptors (Lipinski definition) is 5. The number of piperidine rings is 1. The van der Waals surface area contributed by atoms with E-state index in [-0.39, 0.29) is 6.04 Å². The molecule has 6 heteroatoms. The van der Waals surface area contributed by atoms with Crippen molar-refractivity contribution in [3.63, 3.8) is 0 Å². The third-order valence-electron chi connectivity index (χ3n) is 4.68. The summed E-state index contributed by atoms with van der Waals surface area (Å²) in [6, 6.07) is 6.59. The predicted molar refractivity (Wildman–Crippen MR) is 115 cm³/mol. The quantitative estimate of drug-likeness (QED) is 0.651. The summed E-state index contributed by atoms with van der Waals surface area (Å²) in [5, 5.41) is 6.09. The van der Waals surface area contributed by atoms with E-state index in [1.165, 1.54) is 57.0 Å². The molecule has 1 fully saturated rings. The largest absolute Gasteiger partial charge is 0.496 e. The highest BCUT2D eigenvalue weighted by Gasteiger charge is 2.15. The number of amides is 1. The first-order valence-electron chi connectivity index (χ1n) is 10.5. The van der Waals surface area contributed by atoms with Crippen LogP contribution in [0.5, 0.6) is 5.75 Å². The van der Waals surface area contributed by atoms with Gasteiger partial charge in [0.25, 0.3) is 0 Å². The molecule has 1 aromatic rings. The summed E-state index contributed by atoms with van der Waals surface area (Å²) < 4.78 is 10.1. The Morgan fingerprint density at radius 1 is 1.14 bits per heavy atom. The van der Waals surface area contributed by atoms with Gasteiger partial charge in [0, 0.05) is 31.2 Å². The van der Waals surface area contributed by atoms with Crippen molar-refractivity contribution >= 4 is 6.09 Å². The fourth-order valence-corrected chi connectivity index (χ4v) is 3.19. The lowest BCUT2D eigenvalue weighted by Gasteiger charge is -2.27. The summed E-state index contributed by atoms with van der Waals surface area (Å²) in [5.74, 6) is 0.953. The molecule has 0 spiro atoms. The molecule has 1 heterocycles. The van der Waals surface area contributed by atoms with Crippen LogP contribution in [0, 0.1) is 0 Å². The molecule has 6 nitrogen and oxygen atoms in total. The van der Waals surface area contributed by atoms with E-state index in [4.69, 9.17) is 4.74 Å². The Morgan fingerprint density at radius 3 is 2.43 bits per heavy atom. The molecule has 1 atom stereocenters. The van der Waals surface area contributed by atoms with Crippen molar-refractivity contribution in [3.8, 4) is 5.75 Å². The molecule has 28 heavy (non-hydrogen) atoms. The molecule has 0 saturated carbocycles. The van der Waals surface area contributed by atoms with Crippen molar-refractivity contribution < 1.29 is 14.3 Å². The summed E-state index contributed by atoms with van der Waals surface area (Å²) in [7, 11) is 3.10. The third-order valence-corrected chi connectivity index (χ3v) is 4.68. The summed E-state index contributed by atoms with van der Waals surface area (Å²) in [6.45, 7) is 10.9. The van der Waals surface area contributed by atoms with Crippen LogP contribution in [0.3, 0.4) is 0 Å². The van der Waals surface area contributed by atoms with Gasteiger partial charge in [-0.1, -0.05) is 32.8 Å². The van der Waals surface area contributed by atoms with Crippen molar-refractivity contribution in [1.29, 1.82) is 0 Å². The Kier molecular flexibility index (Phi) is 12.3. The summed E-state index contributed by atoms with van der Waals surface area (Å²) in [4.78, 5) is 13.6. The van der Waals surface area contributed by atoms with Gasteiger partial charge in [-0.25, -0.2) is 4.79 Å². The number of nitrogens with one attached hydrogen (secondary N) is 2. The standard InChI is InChI=1S/C19H31N3O3.C3H8/c1-15(20-9-10-21-19(23)25-3)16-7-8-18(24-2)17(13-16)14-22-11-5-4-6-12-22;1-3-2/h7-8,13,15,20H,4-6,9-12,14H2,1-3H3,(H,21,23);3H2,1-2H3. The van der Waals surface area contributed by atoms with E-state index >= 15 is 0 Å². The topological polar surface area (TPSA) is 62.8 Å². The van der Waals surface area contributed by atoms with Crippen LogP contribution in [0.15, 0.2) is 18.2 Å². The summed E-state index contributed by atoms with van der Waals surface area (Å²) in [6.07, 6.45) is 4.76. The minimum atomic E-state index is -0.400. The molecule has 2 rings (SSSR count). The van der Waals surface area contributed by atoms with Gasteiger partial charge in [0.1, 0.15) is 5.75 Å². The van der Waals surface area contributed by atoms with Gasteiger partial charge in [-0.2, -0.15) is 0 Å². The average Bonchev–Trinajstić information content (AvgIpc) is 2.72. The maximum absolute atomic E-state index is 11.1. The van der Waals surface area contributed by atoms with Crippen LogP contribution in [-0.4, -0.2) is 51.4 Å². The first kappa shape index (κ1) is 24.2. The Hall–Kier alpha value is -1.79. The predicted octanol–water partition coefficient (Wildman–Crippen LogP) is 4.10. The Bertz CT molecular complexity index is 560. The number of ether oxygens (including phenoxy) is 2. The zero-order chi connectivity index (χ0) is 20.8. The van der Waals surface area contributed by atoms with E-state index in [2.05, 4.69) is 59.2 Å². The van der Waals surface area contributed by atoms with Gasteiger partial charge in [0.05, 0.1) is 14.2 Å². The van der Waals surface area contributed by atoms with E-state index in [9.17, 15) is 4.79 Å². The molecular formula is C22H39N3O3. The van der Waals surface area contributed by atoms with E-state index < -0.39 is 6.09 Å². The number of methoxy groups -OCH3 is 2. The molecule has 0 bridgehead atoms. The molecular weight excluding hydrogens is 354 g/mol. The maximum Gasteiger partial charge on any atom is 0.406 e. The van der Waals surface area contributed by atoms with E-state index in [1.807, 2.05) is 0 Å². The van der Waals surface area contributed by atoms with Crippen LogP contribution >= 0.6 is 0 Å². The lowest BCUT2D eigenvalue weighted by atomic mass is 10.0. The van der Waals surface area contributed by atoms with Gasteiger partial charge >= 0.3 is 6.09 Å². The molecule has 1 aromatic carbocycles.